The molecule has 0 aromatic rings. The molecule has 0 amide bonds. The molecule has 3 fully saturated rings. The molecule has 3 nitrogen and oxygen atoms in total. The van der Waals surface area contributed by atoms with Crippen LogP contribution in [0.5, 0.6) is 0 Å². The summed E-state index contributed by atoms with van der Waals surface area (Å²) in [5, 5.41) is 8.70. The lowest BCUT2D eigenvalue weighted by molar-refractivity contribution is -0.137. The monoisotopic (exact) mass is 380 g/mol. The van der Waals surface area contributed by atoms with Crippen LogP contribution >= 0.6 is 0 Å². The van der Waals surface area contributed by atoms with Gasteiger partial charge in [0.05, 0.1) is 0 Å². The number of carboxylic acid groups (broad SMARTS) is 1. The molecule has 0 aromatic heterocycles. The molecule has 3 rings (SSSR count). The molecule has 3 saturated carbocycles. The van der Waals surface area contributed by atoms with Gasteiger partial charge in [0.25, 0.3) is 0 Å². The SMILES string of the molecule is O=C(O)CCC/C=C\C[C@H]1[C@H]2CC[C@H](C2)[C@H]1C[S+]([O-])CC1CCCCC1. The van der Waals surface area contributed by atoms with Crippen LogP contribution in [0.3, 0.4) is 0 Å². The van der Waals surface area contributed by atoms with E-state index in [1.54, 1.807) is 0 Å². The van der Waals surface area contributed by atoms with Crippen molar-refractivity contribution in [3.8, 4) is 0 Å². The Balaban J connectivity index is 1.44. The zero-order chi connectivity index (χ0) is 18.4. The maximum absolute atomic E-state index is 12.8. The zero-order valence-corrected chi connectivity index (χ0v) is 16.9. The Morgan fingerprint density at radius 1 is 1.00 bits per heavy atom. The average Bonchev–Trinajstić information content (AvgIpc) is 3.21. The molecule has 148 valence electrons. The van der Waals surface area contributed by atoms with E-state index in [1.165, 1.54) is 51.4 Å². The van der Waals surface area contributed by atoms with Crippen LogP contribution in [0.1, 0.15) is 77.0 Å². The first kappa shape index (κ1) is 20.3. The molecule has 1 N–H and O–H groups in total. The molecule has 0 spiro atoms. The van der Waals surface area contributed by atoms with E-state index in [-0.39, 0.29) is 6.42 Å². The van der Waals surface area contributed by atoms with E-state index in [9.17, 15) is 9.35 Å². The van der Waals surface area contributed by atoms with Gasteiger partial charge in [-0.05, 0) is 69.1 Å². The number of fused-ring (bicyclic) bond motifs is 2. The number of carbonyl (C=O) groups is 1. The van der Waals surface area contributed by atoms with Crippen LogP contribution in [-0.4, -0.2) is 27.1 Å². The predicted octanol–water partition coefficient (Wildman–Crippen LogP) is 5.18. The fourth-order valence-electron chi connectivity index (χ4n) is 5.80. The first-order valence-corrected chi connectivity index (χ1v) is 12.3. The number of rotatable bonds is 10. The molecule has 26 heavy (non-hydrogen) atoms. The fraction of sp³-hybridized carbons (Fsp3) is 0.864. The third-order valence-electron chi connectivity index (χ3n) is 7.14. The molecule has 0 saturated heterocycles. The normalized spacial score (nSPS) is 33.1. The number of hydrogen-bond acceptors (Lipinski definition) is 2. The van der Waals surface area contributed by atoms with Crippen molar-refractivity contribution in [3.63, 3.8) is 0 Å². The summed E-state index contributed by atoms with van der Waals surface area (Å²) in [5.74, 6) is 4.96. The molecule has 3 aliphatic carbocycles. The standard InChI is InChI=1S/C22H36O3S/c23-22(24)11-7-2-1-6-10-20-18-12-13-19(14-18)21(20)16-26(25)15-17-8-4-3-5-9-17/h1,6,17-21H,2-5,7-16H2,(H,23,24)/b6-1-/t18-,19+,20-,21+,26?/m0/s1. The van der Waals surface area contributed by atoms with Crippen LogP contribution in [-0.2, 0) is 16.0 Å². The molecule has 3 aliphatic rings. The van der Waals surface area contributed by atoms with Gasteiger partial charge in [-0.3, -0.25) is 4.79 Å². The molecule has 0 aromatic carbocycles. The van der Waals surface area contributed by atoms with E-state index in [0.717, 1.165) is 54.4 Å². The zero-order valence-electron chi connectivity index (χ0n) is 16.1. The van der Waals surface area contributed by atoms with Gasteiger partial charge in [-0.2, -0.15) is 0 Å². The van der Waals surface area contributed by atoms with Crippen molar-refractivity contribution < 1.29 is 14.5 Å². The Hall–Kier alpha value is -0.480. The van der Waals surface area contributed by atoms with Crippen LogP contribution in [0, 0.1) is 29.6 Å². The minimum atomic E-state index is -0.702. The van der Waals surface area contributed by atoms with Gasteiger partial charge in [0.2, 0.25) is 0 Å². The summed E-state index contributed by atoms with van der Waals surface area (Å²) in [6.07, 6.45) is 18.2. The van der Waals surface area contributed by atoms with Crippen molar-refractivity contribution in [2.75, 3.05) is 11.5 Å². The summed E-state index contributed by atoms with van der Waals surface area (Å²) in [6.45, 7) is 0. The molecular weight excluding hydrogens is 344 g/mol. The van der Waals surface area contributed by atoms with Crippen molar-refractivity contribution in [2.24, 2.45) is 29.6 Å². The summed E-state index contributed by atoms with van der Waals surface area (Å²) in [4.78, 5) is 10.6. The molecule has 0 aliphatic heterocycles. The quantitative estimate of drug-likeness (QED) is 0.323. The van der Waals surface area contributed by atoms with E-state index in [0.29, 0.717) is 5.92 Å². The van der Waals surface area contributed by atoms with Crippen molar-refractivity contribution in [2.45, 2.75) is 77.0 Å². The molecular formula is C22H36O3S. The molecule has 5 atom stereocenters. The van der Waals surface area contributed by atoms with Gasteiger partial charge < -0.3 is 9.66 Å². The van der Waals surface area contributed by atoms with E-state index < -0.39 is 17.1 Å². The summed E-state index contributed by atoms with van der Waals surface area (Å²) < 4.78 is 12.8. The van der Waals surface area contributed by atoms with Crippen molar-refractivity contribution in [1.82, 2.24) is 0 Å². The highest BCUT2D eigenvalue weighted by molar-refractivity contribution is 7.91. The van der Waals surface area contributed by atoms with Gasteiger partial charge in [0.15, 0.2) is 0 Å². The predicted molar refractivity (Wildman–Crippen MR) is 108 cm³/mol. The van der Waals surface area contributed by atoms with Gasteiger partial charge in [-0.25, -0.2) is 0 Å². The third-order valence-corrected chi connectivity index (χ3v) is 8.74. The lowest BCUT2D eigenvalue weighted by atomic mass is 9.78. The van der Waals surface area contributed by atoms with Gasteiger partial charge in [0, 0.05) is 18.3 Å². The van der Waals surface area contributed by atoms with E-state index >= 15 is 0 Å². The highest BCUT2D eigenvalue weighted by Crippen LogP contribution is 2.54. The topological polar surface area (TPSA) is 60.4 Å². The summed E-state index contributed by atoms with van der Waals surface area (Å²) >= 11 is -0.635. The average molecular weight is 381 g/mol. The number of allylic oxidation sites excluding steroid dienone is 2. The van der Waals surface area contributed by atoms with Crippen LogP contribution in [0.2, 0.25) is 0 Å². The Bertz CT molecular complexity index is 472. The van der Waals surface area contributed by atoms with Gasteiger partial charge >= 0.3 is 5.97 Å². The Labute approximate surface area is 162 Å². The van der Waals surface area contributed by atoms with E-state index in [1.807, 2.05) is 0 Å². The first-order chi connectivity index (χ1) is 12.6. The summed E-state index contributed by atoms with van der Waals surface area (Å²) in [7, 11) is 0. The van der Waals surface area contributed by atoms with Gasteiger partial charge in [0.1, 0.15) is 11.5 Å². The highest BCUT2D eigenvalue weighted by Gasteiger charge is 2.48. The van der Waals surface area contributed by atoms with Crippen molar-refractivity contribution >= 4 is 17.1 Å². The fourth-order valence-corrected chi connectivity index (χ4v) is 7.74. The van der Waals surface area contributed by atoms with Crippen molar-refractivity contribution in [1.29, 1.82) is 0 Å². The minimum Gasteiger partial charge on any atom is -0.616 e. The number of hydrogen-bond donors (Lipinski definition) is 1. The van der Waals surface area contributed by atoms with Gasteiger partial charge in [-0.1, -0.05) is 42.6 Å². The van der Waals surface area contributed by atoms with Crippen LogP contribution < -0.4 is 0 Å². The van der Waals surface area contributed by atoms with Gasteiger partial charge in [-0.15, -0.1) is 0 Å². The smallest absolute Gasteiger partial charge is 0.303 e. The maximum atomic E-state index is 12.8. The maximum Gasteiger partial charge on any atom is 0.303 e. The van der Waals surface area contributed by atoms with E-state index in [4.69, 9.17) is 5.11 Å². The second kappa shape index (κ2) is 10.2. The molecule has 1 unspecified atom stereocenters. The van der Waals surface area contributed by atoms with Crippen LogP contribution in [0.25, 0.3) is 0 Å². The largest absolute Gasteiger partial charge is 0.616 e. The second-order valence-electron chi connectivity index (χ2n) is 8.93. The minimum absolute atomic E-state index is 0.265. The Morgan fingerprint density at radius 3 is 2.46 bits per heavy atom. The molecule has 0 heterocycles. The molecule has 2 bridgehead atoms. The molecule has 4 heteroatoms. The number of aliphatic carboxylic acids is 1. The van der Waals surface area contributed by atoms with E-state index in [2.05, 4.69) is 12.2 Å². The number of unbranched alkanes of at least 4 members (excludes halogenated alkanes) is 1. The Kier molecular flexibility index (Phi) is 7.92. The number of carboxylic acids is 1. The van der Waals surface area contributed by atoms with Crippen LogP contribution in [0.15, 0.2) is 12.2 Å². The lowest BCUT2D eigenvalue weighted by Crippen LogP contribution is -2.31. The summed E-state index contributed by atoms with van der Waals surface area (Å²) in [5.41, 5.74) is 0. The summed E-state index contributed by atoms with van der Waals surface area (Å²) in [6, 6.07) is 0. The Morgan fingerprint density at radius 2 is 1.73 bits per heavy atom. The second-order valence-corrected chi connectivity index (χ2v) is 10.5. The van der Waals surface area contributed by atoms with Crippen LogP contribution in [0.4, 0.5) is 0 Å². The van der Waals surface area contributed by atoms with Crippen molar-refractivity contribution in [3.05, 3.63) is 12.2 Å². The third kappa shape index (κ3) is 5.76. The lowest BCUT2D eigenvalue weighted by Gasteiger charge is -2.32. The highest BCUT2D eigenvalue weighted by atomic mass is 32.2. The first-order valence-electron chi connectivity index (χ1n) is 10.8. The molecule has 0 radical (unpaired) electrons.